The lowest BCUT2D eigenvalue weighted by Gasteiger charge is -2.04. The largest absolute Gasteiger partial charge is 0.384 e. The molecule has 4 rings (SSSR count). The maximum atomic E-state index is 6.13. The van der Waals surface area contributed by atoms with Gasteiger partial charge in [-0.3, -0.25) is 0 Å². The highest BCUT2D eigenvalue weighted by molar-refractivity contribution is 5.44. The Morgan fingerprint density at radius 3 is 2.42 bits per heavy atom. The predicted molar refractivity (Wildman–Crippen MR) is 76.2 cm³/mol. The normalized spacial score (nSPS) is 28.9. The Hall–Kier alpha value is -1.77. The summed E-state index contributed by atoms with van der Waals surface area (Å²) in [5.74, 6) is 3.19. The van der Waals surface area contributed by atoms with Gasteiger partial charge in [0.05, 0.1) is 11.4 Å². The molecule has 3 nitrogen and oxygen atoms in total. The molecule has 2 aromatic rings. The Kier molecular flexibility index (Phi) is 2.40. The van der Waals surface area contributed by atoms with E-state index in [0.29, 0.717) is 5.92 Å². The summed E-state index contributed by atoms with van der Waals surface area (Å²) in [5, 5.41) is 4.76. The van der Waals surface area contributed by atoms with Gasteiger partial charge in [-0.15, -0.1) is 0 Å². The molecule has 2 atom stereocenters. The Morgan fingerprint density at radius 1 is 1.05 bits per heavy atom. The van der Waals surface area contributed by atoms with Crippen LogP contribution in [0.15, 0.2) is 36.4 Å². The van der Waals surface area contributed by atoms with Crippen molar-refractivity contribution in [3.05, 3.63) is 42.1 Å². The fraction of sp³-hybridized carbons (Fsp3) is 0.438. The Labute approximate surface area is 113 Å². The molecular formula is C16H19N3. The molecule has 3 heteroatoms. The van der Waals surface area contributed by atoms with Crippen molar-refractivity contribution in [2.45, 2.75) is 31.6 Å². The van der Waals surface area contributed by atoms with E-state index < -0.39 is 0 Å². The third-order valence-electron chi connectivity index (χ3n) is 4.75. The van der Waals surface area contributed by atoms with Crippen LogP contribution in [-0.4, -0.2) is 9.78 Å². The fourth-order valence-electron chi connectivity index (χ4n) is 3.78. The van der Waals surface area contributed by atoms with Crippen LogP contribution in [0.3, 0.4) is 0 Å². The third kappa shape index (κ3) is 1.76. The average molecular weight is 253 g/mol. The van der Waals surface area contributed by atoms with Crippen molar-refractivity contribution < 1.29 is 0 Å². The summed E-state index contributed by atoms with van der Waals surface area (Å²) >= 11 is 0. The van der Waals surface area contributed by atoms with Gasteiger partial charge in [0.2, 0.25) is 0 Å². The van der Waals surface area contributed by atoms with Crippen LogP contribution in [0.2, 0.25) is 0 Å². The molecular weight excluding hydrogens is 234 g/mol. The molecule has 2 saturated carbocycles. The lowest BCUT2D eigenvalue weighted by Crippen LogP contribution is -2.01. The first-order chi connectivity index (χ1) is 9.34. The van der Waals surface area contributed by atoms with Crippen LogP contribution >= 0.6 is 0 Å². The first-order valence-corrected chi connectivity index (χ1v) is 7.25. The number of nitrogens with two attached hydrogens (primary N) is 1. The van der Waals surface area contributed by atoms with Crippen molar-refractivity contribution in [3.8, 4) is 5.69 Å². The molecule has 19 heavy (non-hydrogen) atoms. The summed E-state index contributed by atoms with van der Waals surface area (Å²) in [6.07, 6.45) is 5.56. The number of rotatable bonds is 2. The predicted octanol–water partition coefficient (Wildman–Crippen LogP) is 3.36. The molecule has 2 aliphatic carbocycles. The molecule has 0 amide bonds. The van der Waals surface area contributed by atoms with Gasteiger partial charge in [0.1, 0.15) is 5.82 Å². The number of nitrogen functional groups attached to an aromatic ring is 1. The summed E-state index contributed by atoms with van der Waals surface area (Å²) in [6, 6.07) is 12.2. The second-order valence-corrected chi connectivity index (χ2v) is 5.88. The molecule has 2 aliphatic rings. The molecule has 1 aromatic carbocycles. The summed E-state index contributed by atoms with van der Waals surface area (Å²) < 4.78 is 1.87. The summed E-state index contributed by atoms with van der Waals surface area (Å²) in [5.41, 5.74) is 8.39. The fourth-order valence-corrected chi connectivity index (χ4v) is 3.78. The number of nitrogens with zero attached hydrogens (tertiary/aromatic N) is 2. The lowest BCUT2D eigenvalue weighted by atomic mass is 10.0. The monoisotopic (exact) mass is 253 g/mol. The molecule has 0 radical (unpaired) electrons. The number of fused-ring (bicyclic) bond motifs is 1. The van der Waals surface area contributed by atoms with Gasteiger partial charge in [-0.25, -0.2) is 4.68 Å². The minimum absolute atomic E-state index is 0.676. The molecule has 0 bridgehead atoms. The van der Waals surface area contributed by atoms with Crippen LogP contribution in [0.1, 0.15) is 37.3 Å². The quantitative estimate of drug-likeness (QED) is 0.892. The maximum absolute atomic E-state index is 6.13. The van der Waals surface area contributed by atoms with Crippen molar-refractivity contribution in [1.82, 2.24) is 9.78 Å². The maximum Gasteiger partial charge on any atom is 0.127 e. The number of anilines is 1. The highest BCUT2D eigenvalue weighted by Crippen LogP contribution is 2.61. The smallest absolute Gasteiger partial charge is 0.127 e. The van der Waals surface area contributed by atoms with Gasteiger partial charge in [-0.1, -0.05) is 31.0 Å². The van der Waals surface area contributed by atoms with Gasteiger partial charge < -0.3 is 5.73 Å². The zero-order valence-electron chi connectivity index (χ0n) is 11.0. The second-order valence-electron chi connectivity index (χ2n) is 5.88. The van der Waals surface area contributed by atoms with Crippen molar-refractivity contribution in [2.75, 3.05) is 5.73 Å². The first-order valence-electron chi connectivity index (χ1n) is 7.25. The zero-order chi connectivity index (χ0) is 12.8. The molecule has 0 aliphatic heterocycles. The zero-order valence-corrected chi connectivity index (χ0v) is 11.0. The molecule has 2 N–H and O–H groups in total. The number of benzene rings is 1. The van der Waals surface area contributed by atoms with Crippen LogP contribution in [0.25, 0.3) is 5.69 Å². The Bertz CT molecular complexity index is 575. The average Bonchev–Trinajstić information content (AvgIpc) is 3.07. The molecule has 2 fully saturated rings. The molecule has 1 heterocycles. The second kappa shape index (κ2) is 4.12. The van der Waals surface area contributed by atoms with E-state index in [2.05, 4.69) is 6.07 Å². The third-order valence-corrected chi connectivity index (χ3v) is 4.75. The van der Waals surface area contributed by atoms with E-state index in [4.69, 9.17) is 10.8 Å². The molecule has 2 unspecified atom stereocenters. The van der Waals surface area contributed by atoms with Crippen molar-refractivity contribution in [2.24, 2.45) is 11.8 Å². The molecule has 0 spiro atoms. The van der Waals surface area contributed by atoms with Crippen LogP contribution < -0.4 is 5.73 Å². The number of hydrogen-bond acceptors (Lipinski definition) is 2. The van der Waals surface area contributed by atoms with E-state index in [-0.39, 0.29) is 0 Å². The van der Waals surface area contributed by atoms with Crippen LogP contribution in [0, 0.1) is 11.8 Å². The van der Waals surface area contributed by atoms with E-state index in [9.17, 15) is 0 Å². The Morgan fingerprint density at radius 2 is 1.74 bits per heavy atom. The topological polar surface area (TPSA) is 43.8 Å². The number of para-hydroxylation sites is 1. The number of hydrogen-bond donors (Lipinski definition) is 1. The van der Waals surface area contributed by atoms with Gasteiger partial charge in [-0.05, 0) is 36.8 Å². The number of aromatic nitrogens is 2. The van der Waals surface area contributed by atoms with Gasteiger partial charge in [0, 0.05) is 12.0 Å². The highest BCUT2D eigenvalue weighted by atomic mass is 15.3. The van der Waals surface area contributed by atoms with Crippen LogP contribution in [-0.2, 0) is 0 Å². The van der Waals surface area contributed by atoms with Crippen molar-refractivity contribution in [3.63, 3.8) is 0 Å². The van der Waals surface area contributed by atoms with E-state index in [1.54, 1.807) is 0 Å². The van der Waals surface area contributed by atoms with Crippen molar-refractivity contribution >= 4 is 5.82 Å². The Balaban J connectivity index is 1.66. The molecule has 0 saturated heterocycles. The van der Waals surface area contributed by atoms with Crippen molar-refractivity contribution in [1.29, 1.82) is 0 Å². The van der Waals surface area contributed by atoms with E-state index >= 15 is 0 Å². The first kappa shape index (κ1) is 11.1. The summed E-state index contributed by atoms with van der Waals surface area (Å²) in [7, 11) is 0. The van der Waals surface area contributed by atoms with Gasteiger partial charge in [-0.2, -0.15) is 5.10 Å². The van der Waals surface area contributed by atoms with Gasteiger partial charge in [0.15, 0.2) is 0 Å². The minimum Gasteiger partial charge on any atom is -0.384 e. The van der Waals surface area contributed by atoms with E-state index in [0.717, 1.165) is 23.3 Å². The molecule has 1 aromatic heterocycles. The SMILES string of the molecule is Nc1cc(C2C3CCCCC32)nn1-c1ccccc1. The summed E-state index contributed by atoms with van der Waals surface area (Å²) in [6.45, 7) is 0. The van der Waals surface area contributed by atoms with E-state index in [1.165, 1.54) is 31.4 Å². The van der Waals surface area contributed by atoms with Crippen LogP contribution in [0.4, 0.5) is 5.82 Å². The highest BCUT2D eigenvalue weighted by Gasteiger charge is 2.52. The van der Waals surface area contributed by atoms with Crippen LogP contribution in [0.5, 0.6) is 0 Å². The summed E-state index contributed by atoms with van der Waals surface area (Å²) in [4.78, 5) is 0. The van der Waals surface area contributed by atoms with E-state index in [1.807, 2.05) is 35.0 Å². The van der Waals surface area contributed by atoms with Gasteiger partial charge in [0.25, 0.3) is 0 Å². The van der Waals surface area contributed by atoms with Gasteiger partial charge >= 0.3 is 0 Å². The minimum atomic E-state index is 0.676. The molecule has 98 valence electrons. The lowest BCUT2D eigenvalue weighted by molar-refractivity contribution is 0.480. The standard InChI is InChI=1S/C16H19N3/c17-15-10-14(16-12-8-4-5-9-13(12)16)18-19(15)11-6-2-1-3-7-11/h1-3,6-7,10,12-13,16H,4-5,8-9,17H2.